The van der Waals surface area contributed by atoms with Crippen molar-refractivity contribution in [2.45, 2.75) is 38.4 Å². The number of alkyl halides is 3. The number of hydrogen-bond donors (Lipinski definition) is 1. The standard InChI is InChI=1S/C15H18F3N/c1-8-7-9(15(16,17)18)5-6-10(8)14(19)13-11-3-2-4-12(11)13/h5-7,11-14H,2-4,19H2,1H3. The van der Waals surface area contributed by atoms with Gasteiger partial charge in [0.05, 0.1) is 5.56 Å². The fourth-order valence-corrected chi connectivity index (χ4v) is 3.84. The highest BCUT2D eigenvalue weighted by molar-refractivity contribution is 5.36. The quantitative estimate of drug-likeness (QED) is 0.860. The predicted octanol–water partition coefficient (Wildman–Crippen LogP) is 4.06. The Balaban J connectivity index is 1.82. The van der Waals surface area contributed by atoms with Crippen LogP contribution in [-0.2, 0) is 6.18 Å². The SMILES string of the molecule is Cc1cc(C(F)(F)F)ccc1C(N)C1C2CCCC21. The molecule has 19 heavy (non-hydrogen) atoms. The van der Waals surface area contributed by atoms with Crippen LogP contribution in [0, 0.1) is 24.7 Å². The highest BCUT2D eigenvalue weighted by Gasteiger charge is 2.55. The molecule has 3 atom stereocenters. The van der Waals surface area contributed by atoms with E-state index in [1.165, 1.54) is 25.3 Å². The largest absolute Gasteiger partial charge is 0.416 e. The zero-order valence-electron chi connectivity index (χ0n) is 10.9. The average Bonchev–Trinajstić information content (AvgIpc) is 2.80. The number of halogens is 3. The van der Waals surface area contributed by atoms with Crippen LogP contribution in [0.3, 0.4) is 0 Å². The third-order valence-electron chi connectivity index (χ3n) is 4.84. The lowest BCUT2D eigenvalue weighted by Gasteiger charge is -2.18. The van der Waals surface area contributed by atoms with Crippen LogP contribution in [0.25, 0.3) is 0 Å². The summed E-state index contributed by atoms with van der Waals surface area (Å²) >= 11 is 0. The van der Waals surface area contributed by atoms with E-state index in [9.17, 15) is 13.2 Å². The lowest BCUT2D eigenvalue weighted by atomic mass is 9.93. The maximum atomic E-state index is 12.6. The van der Waals surface area contributed by atoms with Crippen LogP contribution in [0.15, 0.2) is 18.2 Å². The maximum Gasteiger partial charge on any atom is 0.416 e. The molecule has 104 valence electrons. The summed E-state index contributed by atoms with van der Waals surface area (Å²) in [5, 5.41) is 0. The summed E-state index contributed by atoms with van der Waals surface area (Å²) in [6.45, 7) is 1.72. The van der Waals surface area contributed by atoms with Crippen molar-refractivity contribution in [2.75, 3.05) is 0 Å². The first-order valence-electron chi connectivity index (χ1n) is 6.83. The molecule has 0 saturated heterocycles. The second-order valence-electron chi connectivity index (χ2n) is 5.93. The van der Waals surface area contributed by atoms with Gasteiger partial charge >= 0.3 is 6.18 Å². The van der Waals surface area contributed by atoms with Crippen LogP contribution < -0.4 is 5.73 Å². The zero-order valence-corrected chi connectivity index (χ0v) is 10.9. The number of benzene rings is 1. The minimum absolute atomic E-state index is 0.0995. The van der Waals surface area contributed by atoms with Crippen molar-refractivity contribution >= 4 is 0 Å². The Bertz CT molecular complexity index is 485. The Labute approximate surface area is 111 Å². The smallest absolute Gasteiger partial charge is 0.324 e. The van der Waals surface area contributed by atoms with E-state index in [-0.39, 0.29) is 6.04 Å². The first kappa shape index (κ1) is 13.0. The number of hydrogen-bond acceptors (Lipinski definition) is 1. The third-order valence-corrected chi connectivity index (χ3v) is 4.84. The summed E-state index contributed by atoms with van der Waals surface area (Å²) in [4.78, 5) is 0. The number of rotatable bonds is 2. The highest BCUT2D eigenvalue weighted by Crippen LogP contribution is 2.61. The summed E-state index contributed by atoms with van der Waals surface area (Å²) in [6.07, 6.45) is -0.514. The molecule has 0 heterocycles. The van der Waals surface area contributed by atoms with Gasteiger partial charge in [-0.3, -0.25) is 0 Å². The van der Waals surface area contributed by atoms with Gasteiger partial charge in [-0.15, -0.1) is 0 Å². The molecule has 0 bridgehead atoms. The molecule has 0 aromatic heterocycles. The molecule has 0 radical (unpaired) electrons. The lowest BCUT2D eigenvalue weighted by molar-refractivity contribution is -0.137. The predicted molar refractivity (Wildman–Crippen MR) is 67.4 cm³/mol. The summed E-state index contributed by atoms with van der Waals surface area (Å²) < 4.78 is 37.9. The topological polar surface area (TPSA) is 26.0 Å². The van der Waals surface area contributed by atoms with Crippen molar-refractivity contribution in [3.05, 3.63) is 34.9 Å². The van der Waals surface area contributed by atoms with Gasteiger partial charge < -0.3 is 5.73 Å². The third kappa shape index (κ3) is 2.16. The van der Waals surface area contributed by atoms with Crippen LogP contribution in [0.4, 0.5) is 13.2 Å². The van der Waals surface area contributed by atoms with Crippen molar-refractivity contribution in [1.29, 1.82) is 0 Å². The molecule has 2 fully saturated rings. The fraction of sp³-hybridized carbons (Fsp3) is 0.600. The normalized spacial score (nSPS) is 31.1. The Kier molecular flexibility index (Phi) is 2.89. The van der Waals surface area contributed by atoms with Crippen LogP contribution in [0.2, 0.25) is 0 Å². The second kappa shape index (κ2) is 4.23. The number of fused-ring (bicyclic) bond motifs is 1. The maximum absolute atomic E-state index is 12.6. The molecular weight excluding hydrogens is 251 g/mol. The van der Waals surface area contributed by atoms with Crippen LogP contribution in [0.1, 0.15) is 42.0 Å². The molecule has 0 amide bonds. The lowest BCUT2D eigenvalue weighted by Crippen LogP contribution is -2.17. The van der Waals surface area contributed by atoms with E-state index in [1.54, 1.807) is 13.0 Å². The first-order chi connectivity index (χ1) is 8.89. The molecule has 4 heteroatoms. The van der Waals surface area contributed by atoms with Crippen molar-refractivity contribution in [1.82, 2.24) is 0 Å². The van der Waals surface area contributed by atoms with E-state index in [0.717, 1.165) is 23.5 Å². The fourth-order valence-electron chi connectivity index (χ4n) is 3.84. The van der Waals surface area contributed by atoms with Crippen LogP contribution >= 0.6 is 0 Å². The zero-order chi connectivity index (χ0) is 13.8. The summed E-state index contributed by atoms with van der Waals surface area (Å²) in [5.41, 5.74) is 7.22. The summed E-state index contributed by atoms with van der Waals surface area (Å²) in [6, 6.07) is 3.84. The van der Waals surface area contributed by atoms with Gasteiger partial charge in [-0.2, -0.15) is 13.2 Å². The van der Waals surface area contributed by atoms with Gasteiger partial charge in [0, 0.05) is 6.04 Å². The van der Waals surface area contributed by atoms with E-state index in [1.807, 2.05) is 0 Å². The molecule has 1 nitrogen and oxygen atoms in total. The first-order valence-corrected chi connectivity index (χ1v) is 6.83. The van der Waals surface area contributed by atoms with Gasteiger partial charge in [0.15, 0.2) is 0 Å². The minimum atomic E-state index is -4.27. The average molecular weight is 269 g/mol. The van der Waals surface area contributed by atoms with Crippen LogP contribution in [0.5, 0.6) is 0 Å². The number of aryl methyl sites for hydroxylation is 1. The van der Waals surface area contributed by atoms with E-state index >= 15 is 0 Å². The molecule has 2 saturated carbocycles. The Morgan fingerprint density at radius 2 is 1.84 bits per heavy atom. The van der Waals surface area contributed by atoms with Crippen molar-refractivity contribution < 1.29 is 13.2 Å². The molecule has 1 aromatic carbocycles. The summed E-state index contributed by atoms with van der Waals surface area (Å²) in [5.74, 6) is 1.93. The van der Waals surface area contributed by atoms with Gasteiger partial charge in [-0.1, -0.05) is 12.5 Å². The molecule has 0 spiro atoms. The highest BCUT2D eigenvalue weighted by atomic mass is 19.4. The van der Waals surface area contributed by atoms with Crippen molar-refractivity contribution in [2.24, 2.45) is 23.5 Å². The van der Waals surface area contributed by atoms with Crippen molar-refractivity contribution in [3.63, 3.8) is 0 Å². The van der Waals surface area contributed by atoms with Gasteiger partial charge in [0.1, 0.15) is 0 Å². The molecule has 2 aliphatic carbocycles. The molecule has 1 aromatic rings. The van der Waals surface area contributed by atoms with E-state index in [0.29, 0.717) is 11.5 Å². The van der Waals surface area contributed by atoms with Crippen molar-refractivity contribution in [3.8, 4) is 0 Å². The monoisotopic (exact) mass is 269 g/mol. The van der Waals surface area contributed by atoms with Gasteiger partial charge in [0.2, 0.25) is 0 Å². The molecule has 0 aliphatic heterocycles. The minimum Gasteiger partial charge on any atom is -0.324 e. The van der Waals surface area contributed by atoms with E-state index in [4.69, 9.17) is 5.73 Å². The molecule has 3 unspecified atom stereocenters. The van der Waals surface area contributed by atoms with Gasteiger partial charge in [-0.25, -0.2) is 0 Å². The van der Waals surface area contributed by atoms with E-state index in [2.05, 4.69) is 0 Å². The Morgan fingerprint density at radius 1 is 1.21 bits per heavy atom. The second-order valence-corrected chi connectivity index (χ2v) is 5.93. The van der Waals surface area contributed by atoms with Gasteiger partial charge in [0.25, 0.3) is 0 Å². The Hall–Kier alpha value is -1.03. The van der Waals surface area contributed by atoms with E-state index < -0.39 is 11.7 Å². The van der Waals surface area contributed by atoms with Gasteiger partial charge in [-0.05, 0) is 60.8 Å². The number of nitrogens with two attached hydrogens (primary N) is 1. The van der Waals surface area contributed by atoms with Crippen LogP contribution in [-0.4, -0.2) is 0 Å². The molecular formula is C15H18F3N. The molecule has 2 aliphatic rings. The molecule has 3 rings (SSSR count). The Morgan fingerprint density at radius 3 is 2.37 bits per heavy atom. The molecule has 2 N–H and O–H groups in total. The summed E-state index contributed by atoms with van der Waals surface area (Å²) in [7, 11) is 0.